The summed E-state index contributed by atoms with van der Waals surface area (Å²) in [6.07, 6.45) is 0. The van der Waals surface area contributed by atoms with Crippen LogP contribution in [0, 0.1) is 0 Å². The van der Waals surface area contributed by atoms with E-state index in [1.54, 1.807) is 7.05 Å². The lowest BCUT2D eigenvalue weighted by Crippen LogP contribution is -2.48. The average molecular weight is 311 g/mol. The van der Waals surface area contributed by atoms with Crippen LogP contribution in [0.5, 0.6) is 0 Å². The Bertz CT molecular complexity index is 491. The van der Waals surface area contributed by atoms with Gasteiger partial charge in [0, 0.05) is 24.2 Å². The number of rotatable bonds is 4. The minimum Gasteiger partial charge on any atom is -0.352 e. The standard InChI is InChI=1S/C15H23ClN4O/c1-15(2,3)20-13(21)10-19-14(17-4)18-9-11-5-7-12(16)8-6-11/h5-8H,9-10H2,1-4H3,(H,20,21)(H2,17,18,19). The van der Waals surface area contributed by atoms with Crippen molar-refractivity contribution in [3.63, 3.8) is 0 Å². The van der Waals surface area contributed by atoms with E-state index in [-0.39, 0.29) is 18.0 Å². The molecule has 0 aliphatic heterocycles. The summed E-state index contributed by atoms with van der Waals surface area (Å²) >= 11 is 5.84. The molecule has 0 atom stereocenters. The Hall–Kier alpha value is -1.75. The number of hydrogen-bond donors (Lipinski definition) is 3. The smallest absolute Gasteiger partial charge is 0.239 e. The molecule has 5 nitrogen and oxygen atoms in total. The quantitative estimate of drug-likeness (QED) is 0.588. The molecule has 1 amide bonds. The first-order valence-electron chi connectivity index (χ1n) is 6.80. The second-order valence-corrected chi connectivity index (χ2v) is 6.14. The van der Waals surface area contributed by atoms with Gasteiger partial charge in [-0.25, -0.2) is 0 Å². The number of carbonyl (C=O) groups is 1. The van der Waals surface area contributed by atoms with Crippen molar-refractivity contribution in [2.75, 3.05) is 13.6 Å². The third kappa shape index (κ3) is 7.56. The van der Waals surface area contributed by atoms with Crippen LogP contribution in [0.25, 0.3) is 0 Å². The number of hydrogen-bond acceptors (Lipinski definition) is 2. The number of carbonyl (C=O) groups excluding carboxylic acids is 1. The van der Waals surface area contributed by atoms with E-state index in [2.05, 4.69) is 20.9 Å². The molecule has 0 fully saturated rings. The van der Waals surface area contributed by atoms with Crippen molar-refractivity contribution in [3.8, 4) is 0 Å². The highest BCUT2D eigenvalue weighted by Gasteiger charge is 2.13. The van der Waals surface area contributed by atoms with Gasteiger partial charge in [-0.2, -0.15) is 0 Å². The maximum Gasteiger partial charge on any atom is 0.239 e. The summed E-state index contributed by atoms with van der Waals surface area (Å²) in [6.45, 7) is 6.62. The van der Waals surface area contributed by atoms with Gasteiger partial charge in [-0.3, -0.25) is 9.79 Å². The van der Waals surface area contributed by atoms with Gasteiger partial charge in [0.15, 0.2) is 5.96 Å². The fourth-order valence-corrected chi connectivity index (χ4v) is 1.76. The molecule has 0 saturated heterocycles. The second-order valence-electron chi connectivity index (χ2n) is 5.70. The Morgan fingerprint density at radius 3 is 2.33 bits per heavy atom. The molecule has 1 rings (SSSR count). The lowest BCUT2D eigenvalue weighted by molar-refractivity contribution is -0.121. The van der Waals surface area contributed by atoms with Gasteiger partial charge in [0.2, 0.25) is 5.91 Å². The molecule has 0 radical (unpaired) electrons. The Morgan fingerprint density at radius 1 is 1.19 bits per heavy atom. The van der Waals surface area contributed by atoms with E-state index in [0.29, 0.717) is 17.5 Å². The normalized spacial score (nSPS) is 12.0. The minimum atomic E-state index is -0.237. The fourth-order valence-electron chi connectivity index (χ4n) is 1.64. The van der Waals surface area contributed by atoms with E-state index in [0.717, 1.165) is 5.56 Å². The van der Waals surface area contributed by atoms with E-state index in [9.17, 15) is 4.79 Å². The molecule has 0 unspecified atom stereocenters. The Labute approximate surface area is 131 Å². The van der Waals surface area contributed by atoms with Crippen LogP contribution in [-0.2, 0) is 11.3 Å². The summed E-state index contributed by atoms with van der Waals surface area (Å²) in [5.41, 5.74) is 0.848. The maximum absolute atomic E-state index is 11.7. The van der Waals surface area contributed by atoms with E-state index in [1.807, 2.05) is 45.0 Å². The van der Waals surface area contributed by atoms with E-state index < -0.39 is 0 Å². The number of aliphatic imine (C=N–C) groups is 1. The van der Waals surface area contributed by atoms with Crippen molar-refractivity contribution in [1.29, 1.82) is 0 Å². The molecule has 0 saturated carbocycles. The SMILES string of the molecule is CN=C(NCC(=O)NC(C)(C)C)NCc1ccc(Cl)cc1. The van der Waals surface area contributed by atoms with E-state index in [1.165, 1.54) is 0 Å². The van der Waals surface area contributed by atoms with Crippen molar-refractivity contribution >= 4 is 23.5 Å². The van der Waals surface area contributed by atoms with Crippen molar-refractivity contribution in [2.24, 2.45) is 4.99 Å². The number of benzene rings is 1. The zero-order valence-corrected chi connectivity index (χ0v) is 13.7. The molecule has 0 spiro atoms. The minimum absolute atomic E-state index is 0.0723. The second kappa shape index (κ2) is 7.88. The Kier molecular flexibility index (Phi) is 6.49. The van der Waals surface area contributed by atoms with Crippen LogP contribution in [-0.4, -0.2) is 31.0 Å². The van der Waals surface area contributed by atoms with Gasteiger partial charge in [-0.1, -0.05) is 23.7 Å². The van der Waals surface area contributed by atoms with E-state index in [4.69, 9.17) is 11.6 Å². The van der Waals surface area contributed by atoms with Crippen LogP contribution in [0.4, 0.5) is 0 Å². The molecule has 0 heterocycles. The lowest BCUT2D eigenvalue weighted by atomic mass is 10.1. The zero-order chi connectivity index (χ0) is 15.9. The third-order valence-electron chi connectivity index (χ3n) is 2.53. The van der Waals surface area contributed by atoms with Crippen LogP contribution in [0.3, 0.4) is 0 Å². The molecule has 1 aromatic carbocycles. The highest BCUT2D eigenvalue weighted by Crippen LogP contribution is 2.08. The zero-order valence-electron chi connectivity index (χ0n) is 13.0. The molecule has 0 aliphatic carbocycles. The van der Waals surface area contributed by atoms with Crippen molar-refractivity contribution < 1.29 is 4.79 Å². The maximum atomic E-state index is 11.7. The Balaban J connectivity index is 2.39. The number of guanidine groups is 1. The first-order chi connectivity index (χ1) is 9.80. The first-order valence-corrected chi connectivity index (χ1v) is 7.18. The third-order valence-corrected chi connectivity index (χ3v) is 2.78. The van der Waals surface area contributed by atoms with Crippen molar-refractivity contribution in [2.45, 2.75) is 32.9 Å². The lowest BCUT2D eigenvalue weighted by Gasteiger charge is -2.21. The number of amides is 1. The number of nitrogens with one attached hydrogen (secondary N) is 3. The van der Waals surface area contributed by atoms with Gasteiger partial charge in [-0.05, 0) is 38.5 Å². The van der Waals surface area contributed by atoms with Gasteiger partial charge < -0.3 is 16.0 Å². The summed E-state index contributed by atoms with van der Waals surface area (Å²) in [4.78, 5) is 15.8. The van der Waals surface area contributed by atoms with Crippen LogP contribution < -0.4 is 16.0 Å². The fraction of sp³-hybridized carbons (Fsp3) is 0.467. The highest BCUT2D eigenvalue weighted by atomic mass is 35.5. The van der Waals surface area contributed by atoms with Crippen LogP contribution in [0.2, 0.25) is 5.02 Å². The Morgan fingerprint density at radius 2 is 1.81 bits per heavy atom. The average Bonchev–Trinajstić information content (AvgIpc) is 2.39. The predicted octanol–water partition coefficient (Wildman–Crippen LogP) is 1.92. The van der Waals surface area contributed by atoms with Crippen LogP contribution >= 0.6 is 11.6 Å². The van der Waals surface area contributed by atoms with Crippen molar-refractivity contribution in [3.05, 3.63) is 34.9 Å². The molecular formula is C15H23ClN4O. The first kappa shape index (κ1) is 17.3. The monoisotopic (exact) mass is 310 g/mol. The highest BCUT2D eigenvalue weighted by molar-refractivity contribution is 6.30. The van der Waals surface area contributed by atoms with Crippen LogP contribution in [0.1, 0.15) is 26.3 Å². The molecular weight excluding hydrogens is 288 g/mol. The van der Waals surface area contributed by atoms with Gasteiger partial charge >= 0.3 is 0 Å². The summed E-state index contributed by atoms with van der Waals surface area (Å²) in [6, 6.07) is 7.56. The molecule has 0 aromatic heterocycles. The molecule has 0 bridgehead atoms. The van der Waals surface area contributed by atoms with Gasteiger partial charge in [0.05, 0.1) is 6.54 Å². The van der Waals surface area contributed by atoms with Gasteiger partial charge in [-0.15, -0.1) is 0 Å². The molecule has 0 aliphatic rings. The number of halogens is 1. The van der Waals surface area contributed by atoms with Gasteiger partial charge in [0.1, 0.15) is 0 Å². The predicted molar refractivity (Wildman–Crippen MR) is 87.5 cm³/mol. The number of nitrogens with zero attached hydrogens (tertiary/aromatic N) is 1. The van der Waals surface area contributed by atoms with Crippen LogP contribution in [0.15, 0.2) is 29.3 Å². The summed E-state index contributed by atoms with van der Waals surface area (Å²) in [7, 11) is 1.67. The molecule has 6 heteroatoms. The summed E-state index contributed by atoms with van der Waals surface area (Å²) in [5, 5.41) is 9.70. The summed E-state index contributed by atoms with van der Waals surface area (Å²) < 4.78 is 0. The van der Waals surface area contributed by atoms with Gasteiger partial charge in [0.25, 0.3) is 0 Å². The van der Waals surface area contributed by atoms with Crippen molar-refractivity contribution in [1.82, 2.24) is 16.0 Å². The summed E-state index contributed by atoms with van der Waals surface area (Å²) in [5.74, 6) is 0.506. The topological polar surface area (TPSA) is 65.5 Å². The molecule has 21 heavy (non-hydrogen) atoms. The molecule has 116 valence electrons. The molecule has 1 aromatic rings. The largest absolute Gasteiger partial charge is 0.352 e. The molecule has 3 N–H and O–H groups in total. The van der Waals surface area contributed by atoms with E-state index >= 15 is 0 Å².